The van der Waals surface area contributed by atoms with Crippen LogP contribution in [0.25, 0.3) is 0 Å². The van der Waals surface area contributed by atoms with Crippen LogP contribution in [0.5, 0.6) is 0 Å². The minimum Gasteiger partial charge on any atom is -0.384 e. The highest BCUT2D eigenvalue weighted by Gasteiger charge is 2.14. The van der Waals surface area contributed by atoms with Crippen LogP contribution in [0.4, 0.5) is 11.5 Å². The summed E-state index contributed by atoms with van der Waals surface area (Å²) in [4.78, 5) is 16.0. The second kappa shape index (κ2) is 5.47. The van der Waals surface area contributed by atoms with Gasteiger partial charge in [-0.05, 0) is 36.8 Å². The third kappa shape index (κ3) is 3.16. The fourth-order valence-electron chi connectivity index (χ4n) is 1.52. The first-order chi connectivity index (χ1) is 8.97. The van der Waals surface area contributed by atoms with Crippen molar-refractivity contribution in [3.05, 3.63) is 51.6 Å². The number of halogens is 2. The van der Waals surface area contributed by atoms with Crippen LogP contribution in [0.2, 0.25) is 10.0 Å². The number of carbonyl (C=O) groups excluding carboxylic acids is 1. The molecule has 0 aliphatic carbocycles. The molecule has 0 aliphatic rings. The van der Waals surface area contributed by atoms with Crippen molar-refractivity contribution < 1.29 is 4.79 Å². The van der Waals surface area contributed by atoms with Gasteiger partial charge in [0.2, 0.25) is 0 Å². The van der Waals surface area contributed by atoms with Gasteiger partial charge < -0.3 is 11.1 Å². The van der Waals surface area contributed by atoms with Gasteiger partial charge in [0, 0.05) is 0 Å². The Morgan fingerprint density at radius 1 is 1.21 bits per heavy atom. The summed E-state index contributed by atoms with van der Waals surface area (Å²) in [7, 11) is 0. The van der Waals surface area contributed by atoms with Crippen molar-refractivity contribution in [1.82, 2.24) is 4.98 Å². The Kier molecular flexibility index (Phi) is 3.93. The minimum atomic E-state index is -0.456. The Hall–Kier alpha value is -1.78. The normalized spacial score (nSPS) is 10.3. The van der Waals surface area contributed by atoms with Crippen molar-refractivity contribution in [1.29, 1.82) is 0 Å². The van der Waals surface area contributed by atoms with E-state index in [0.717, 1.165) is 5.56 Å². The molecule has 2 rings (SSSR count). The monoisotopic (exact) mass is 295 g/mol. The van der Waals surface area contributed by atoms with Gasteiger partial charge in [-0.15, -0.1) is 0 Å². The standard InChI is InChI=1S/C13H11Cl2N3O/c1-7-2-4-10(9(15)6-7)17-13(19)12-8(14)3-5-11(16)18-12/h2-6H,1H3,(H2,16,18)(H,17,19). The van der Waals surface area contributed by atoms with Gasteiger partial charge in [-0.2, -0.15) is 0 Å². The molecule has 98 valence electrons. The van der Waals surface area contributed by atoms with E-state index in [4.69, 9.17) is 28.9 Å². The minimum absolute atomic E-state index is 0.0679. The van der Waals surface area contributed by atoms with E-state index in [-0.39, 0.29) is 16.5 Å². The number of hydrogen-bond acceptors (Lipinski definition) is 3. The average molecular weight is 296 g/mol. The van der Waals surface area contributed by atoms with Crippen molar-refractivity contribution in [2.24, 2.45) is 0 Å². The lowest BCUT2D eigenvalue weighted by Gasteiger charge is -2.08. The topological polar surface area (TPSA) is 68.0 Å². The van der Waals surface area contributed by atoms with Crippen LogP contribution in [0, 0.1) is 6.92 Å². The molecule has 0 bridgehead atoms. The lowest BCUT2D eigenvalue weighted by Crippen LogP contribution is -2.15. The largest absolute Gasteiger partial charge is 0.384 e. The summed E-state index contributed by atoms with van der Waals surface area (Å²) in [5.41, 5.74) is 7.10. The summed E-state index contributed by atoms with van der Waals surface area (Å²) >= 11 is 11.9. The highest BCUT2D eigenvalue weighted by atomic mass is 35.5. The SMILES string of the molecule is Cc1ccc(NC(=O)c2nc(N)ccc2Cl)c(Cl)c1. The molecule has 2 aromatic rings. The Labute approximate surface area is 120 Å². The molecule has 0 fully saturated rings. The lowest BCUT2D eigenvalue weighted by atomic mass is 10.2. The molecule has 19 heavy (non-hydrogen) atoms. The fourth-order valence-corrected chi connectivity index (χ4v) is 1.99. The smallest absolute Gasteiger partial charge is 0.275 e. The Morgan fingerprint density at radius 3 is 2.63 bits per heavy atom. The summed E-state index contributed by atoms with van der Waals surface area (Å²) in [5.74, 6) is -0.229. The molecule has 0 unspecified atom stereocenters. The molecule has 0 spiro atoms. The molecule has 0 saturated carbocycles. The maximum absolute atomic E-state index is 12.1. The van der Waals surface area contributed by atoms with Crippen molar-refractivity contribution in [2.45, 2.75) is 6.92 Å². The number of amides is 1. The van der Waals surface area contributed by atoms with E-state index in [1.807, 2.05) is 13.0 Å². The number of rotatable bonds is 2. The first-order valence-corrected chi connectivity index (χ1v) is 6.22. The lowest BCUT2D eigenvalue weighted by molar-refractivity contribution is 0.102. The van der Waals surface area contributed by atoms with Crippen LogP contribution >= 0.6 is 23.2 Å². The average Bonchev–Trinajstić information content (AvgIpc) is 2.35. The molecule has 0 saturated heterocycles. The Bertz CT molecular complexity index is 644. The summed E-state index contributed by atoms with van der Waals surface area (Å²) in [5, 5.41) is 3.33. The highest BCUT2D eigenvalue weighted by molar-refractivity contribution is 6.35. The molecule has 0 radical (unpaired) electrons. The number of hydrogen-bond donors (Lipinski definition) is 2. The van der Waals surface area contributed by atoms with Crippen LogP contribution < -0.4 is 11.1 Å². The Balaban J connectivity index is 2.28. The molecule has 1 aromatic heterocycles. The van der Waals surface area contributed by atoms with E-state index in [1.54, 1.807) is 12.1 Å². The molecule has 1 aromatic carbocycles. The first kappa shape index (κ1) is 13.6. The van der Waals surface area contributed by atoms with Crippen molar-refractivity contribution >= 4 is 40.6 Å². The maximum atomic E-state index is 12.1. The van der Waals surface area contributed by atoms with E-state index in [1.165, 1.54) is 12.1 Å². The van der Waals surface area contributed by atoms with Crippen LogP contribution in [-0.4, -0.2) is 10.9 Å². The number of nitrogens with one attached hydrogen (secondary N) is 1. The number of benzene rings is 1. The molecule has 0 aliphatic heterocycles. The summed E-state index contributed by atoms with van der Waals surface area (Å²) < 4.78 is 0. The number of nitrogens with two attached hydrogens (primary N) is 1. The zero-order valence-corrected chi connectivity index (χ0v) is 11.6. The summed E-state index contributed by atoms with van der Waals surface area (Å²) in [6.45, 7) is 1.91. The van der Waals surface area contributed by atoms with Gasteiger partial charge in [0.1, 0.15) is 11.5 Å². The van der Waals surface area contributed by atoms with E-state index >= 15 is 0 Å². The zero-order chi connectivity index (χ0) is 14.0. The predicted octanol–water partition coefficient (Wildman–Crippen LogP) is 3.53. The molecule has 1 amide bonds. The van der Waals surface area contributed by atoms with Crippen molar-refractivity contribution in [3.8, 4) is 0 Å². The van der Waals surface area contributed by atoms with Gasteiger partial charge in [0.15, 0.2) is 0 Å². The predicted molar refractivity (Wildman–Crippen MR) is 77.8 cm³/mol. The Morgan fingerprint density at radius 2 is 1.95 bits per heavy atom. The molecule has 3 N–H and O–H groups in total. The number of anilines is 2. The maximum Gasteiger partial charge on any atom is 0.275 e. The van der Waals surface area contributed by atoms with E-state index < -0.39 is 5.91 Å². The third-order valence-electron chi connectivity index (χ3n) is 2.46. The summed E-state index contributed by atoms with van der Waals surface area (Å²) in [6.07, 6.45) is 0. The molecule has 6 heteroatoms. The van der Waals surface area contributed by atoms with Gasteiger partial charge >= 0.3 is 0 Å². The van der Waals surface area contributed by atoms with Gasteiger partial charge in [0.25, 0.3) is 5.91 Å². The van der Waals surface area contributed by atoms with E-state index in [0.29, 0.717) is 10.7 Å². The number of carbonyl (C=O) groups is 1. The van der Waals surface area contributed by atoms with Crippen LogP contribution in [0.3, 0.4) is 0 Å². The highest BCUT2D eigenvalue weighted by Crippen LogP contribution is 2.24. The van der Waals surface area contributed by atoms with Gasteiger partial charge in [-0.25, -0.2) is 4.98 Å². The van der Waals surface area contributed by atoms with Gasteiger partial charge in [-0.1, -0.05) is 29.3 Å². The number of nitrogen functional groups attached to an aromatic ring is 1. The van der Waals surface area contributed by atoms with E-state index in [2.05, 4.69) is 10.3 Å². The van der Waals surface area contributed by atoms with E-state index in [9.17, 15) is 4.79 Å². The third-order valence-corrected chi connectivity index (χ3v) is 3.07. The fraction of sp³-hybridized carbons (Fsp3) is 0.0769. The van der Waals surface area contributed by atoms with Crippen LogP contribution in [0.1, 0.15) is 16.1 Å². The second-order valence-electron chi connectivity index (χ2n) is 4.00. The number of pyridine rings is 1. The summed E-state index contributed by atoms with van der Waals surface area (Å²) in [6, 6.07) is 8.37. The van der Waals surface area contributed by atoms with Crippen LogP contribution in [-0.2, 0) is 0 Å². The number of aromatic nitrogens is 1. The van der Waals surface area contributed by atoms with Crippen molar-refractivity contribution in [3.63, 3.8) is 0 Å². The zero-order valence-electron chi connectivity index (χ0n) is 10.1. The molecular formula is C13H11Cl2N3O. The molecule has 0 atom stereocenters. The van der Waals surface area contributed by atoms with Gasteiger partial charge in [0.05, 0.1) is 15.7 Å². The molecular weight excluding hydrogens is 285 g/mol. The van der Waals surface area contributed by atoms with Crippen molar-refractivity contribution in [2.75, 3.05) is 11.1 Å². The quantitative estimate of drug-likeness (QED) is 0.890. The number of aryl methyl sites for hydroxylation is 1. The molecule has 1 heterocycles. The van der Waals surface area contributed by atoms with Gasteiger partial charge in [-0.3, -0.25) is 4.79 Å². The molecule has 4 nitrogen and oxygen atoms in total. The second-order valence-corrected chi connectivity index (χ2v) is 4.82. The number of nitrogens with zero attached hydrogens (tertiary/aromatic N) is 1. The van der Waals surface area contributed by atoms with Crippen LogP contribution in [0.15, 0.2) is 30.3 Å². The first-order valence-electron chi connectivity index (χ1n) is 5.47.